The average molecular weight is 587 g/mol. The number of carbonyl (C=O) groups excluding carboxylic acids is 2. The summed E-state index contributed by atoms with van der Waals surface area (Å²) in [6.07, 6.45) is 7.23. The maximum atomic E-state index is 13.7. The number of rotatable bonds is 10. The van der Waals surface area contributed by atoms with E-state index >= 15 is 0 Å². The Hall–Kier alpha value is -5.33. The van der Waals surface area contributed by atoms with Crippen LogP contribution >= 0.6 is 0 Å². The van der Waals surface area contributed by atoms with Gasteiger partial charge in [0.2, 0.25) is 11.9 Å². The SMILES string of the molecule is COc1ccc(NC(=O)N2CCN(c3ccnc(-n4ccnc4)n3)CC2C(=O)NCCc2ccc(OC)cc2OC)cc1. The van der Waals surface area contributed by atoms with Crippen molar-refractivity contribution in [3.63, 3.8) is 0 Å². The fourth-order valence-corrected chi connectivity index (χ4v) is 4.84. The lowest BCUT2D eigenvalue weighted by Gasteiger charge is -2.41. The van der Waals surface area contributed by atoms with E-state index in [1.165, 1.54) is 0 Å². The number of piperazine rings is 1. The van der Waals surface area contributed by atoms with Gasteiger partial charge in [-0.1, -0.05) is 6.07 Å². The molecule has 1 saturated heterocycles. The van der Waals surface area contributed by atoms with Crippen molar-refractivity contribution in [1.82, 2.24) is 29.7 Å². The number of aromatic nitrogens is 4. The number of carbonyl (C=O) groups is 2. The van der Waals surface area contributed by atoms with E-state index in [0.29, 0.717) is 60.8 Å². The van der Waals surface area contributed by atoms with Gasteiger partial charge in [0, 0.05) is 56.5 Å². The van der Waals surface area contributed by atoms with Crippen molar-refractivity contribution in [3.05, 3.63) is 79.0 Å². The summed E-state index contributed by atoms with van der Waals surface area (Å²) >= 11 is 0. The van der Waals surface area contributed by atoms with Crippen LogP contribution in [0.15, 0.2) is 73.4 Å². The molecule has 2 aromatic carbocycles. The van der Waals surface area contributed by atoms with E-state index in [9.17, 15) is 9.59 Å². The summed E-state index contributed by atoms with van der Waals surface area (Å²) in [4.78, 5) is 43.7. The molecule has 1 fully saturated rings. The molecule has 4 aromatic rings. The minimum Gasteiger partial charge on any atom is -0.497 e. The predicted octanol–water partition coefficient (Wildman–Crippen LogP) is 2.77. The zero-order chi connectivity index (χ0) is 30.2. The molecule has 0 radical (unpaired) electrons. The number of hydrogen-bond acceptors (Lipinski definition) is 9. The molecule has 0 aliphatic carbocycles. The van der Waals surface area contributed by atoms with Gasteiger partial charge >= 0.3 is 6.03 Å². The Bertz CT molecular complexity index is 1530. The Balaban J connectivity index is 1.32. The van der Waals surface area contributed by atoms with Gasteiger partial charge in [-0.05, 0) is 48.4 Å². The molecule has 224 valence electrons. The second kappa shape index (κ2) is 13.6. The minimum atomic E-state index is -0.781. The van der Waals surface area contributed by atoms with Crippen LogP contribution in [-0.2, 0) is 11.2 Å². The van der Waals surface area contributed by atoms with E-state index < -0.39 is 6.04 Å². The maximum Gasteiger partial charge on any atom is 0.322 e. The molecule has 2 N–H and O–H groups in total. The number of imidazole rings is 1. The van der Waals surface area contributed by atoms with Gasteiger partial charge in [0.25, 0.3) is 0 Å². The van der Waals surface area contributed by atoms with Crippen molar-refractivity contribution in [2.75, 3.05) is 57.7 Å². The molecular formula is C30H34N8O5. The largest absolute Gasteiger partial charge is 0.497 e. The van der Waals surface area contributed by atoms with Crippen molar-refractivity contribution in [2.24, 2.45) is 0 Å². The molecule has 13 heteroatoms. The van der Waals surface area contributed by atoms with Gasteiger partial charge in [0.1, 0.15) is 35.4 Å². The summed E-state index contributed by atoms with van der Waals surface area (Å²) in [6.45, 7) is 1.37. The molecule has 1 aliphatic heterocycles. The van der Waals surface area contributed by atoms with Crippen LogP contribution in [0.25, 0.3) is 5.95 Å². The lowest BCUT2D eigenvalue weighted by Crippen LogP contribution is -2.61. The van der Waals surface area contributed by atoms with E-state index in [4.69, 9.17) is 14.2 Å². The van der Waals surface area contributed by atoms with Gasteiger partial charge in [-0.15, -0.1) is 0 Å². The number of nitrogens with one attached hydrogen (secondary N) is 2. The van der Waals surface area contributed by atoms with Crippen LogP contribution in [0.4, 0.5) is 16.3 Å². The molecule has 3 heterocycles. The van der Waals surface area contributed by atoms with Gasteiger partial charge in [0.05, 0.1) is 21.3 Å². The Morgan fingerprint density at radius 1 is 0.953 bits per heavy atom. The van der Waals surface area contributed by atoms with E-state index in [0.717, 1.165) is 5.56 Å². The van der Waals surface area contributed by atoms with Crippen LogP contribution in [0.3, 0.4) is 0 Å². The third-order valence-corrected chi connectivity index (χ3v) is 7.16. The maximum absolute atomic E-state index is 13.7. The van der Waals surface area contributed by atoms with Crippen LogP contribution in [0.1, 0.15) is 5.56 Å². The zero-order valence-corrected chi connectivity index (χ0v) is 24.3. The molecule has 1 aliphatic rings. The predicted molar refractivity (Wildman–Crippen MR) is 160 cm³/mol. The molecule has 13 nitrogen and oxygen atoms in total. The highest BCUT2D eigenvalue weighted by atomic mass is 16.5. The van der Waals surface area contributed by atoms with Crippen LogP contribution in [0, 0.1) is 0 Å². The summed E-state index contributed by atoms with van der Waals surface area (Å²) in [5.74, 6) is 2.88. The number of methoxy groups -OCH3 is 3. The van der Waals surface area contributed by atoms with E-state index in [2.05, 4.69) is 25.6 Å². The Morgan fingerprint density at radius 3 is 2.47 bits per heavy atom. The number of urea groups is 1. The second-order valence-corrected chi connectivity index (χ2v) is 9.72. The first-order valence-electron chi connectivity index (χ1n) is 13.8. The van der Waals surface area contributed by atoms with Gasteiger partial charge in [-0.3, -0.25) is 9.36 Å². The third kappa shape index (κ3) is 6.94. The Morgan fingerprint density at radius 2 is 1.74 bits per heavy atom. The summed E-state index contributed by atoms with van der Waals surface area (Å²) in [6, 6.07) is 13.2. The highest BCUT2D eigenvalue weighted by Crippen LogP contribution is 2.25. The number of amides is 3. The van der Waals surface area contributed by atoms with E-state index in [1.807, 2.05) is 17.0 Å². The third-order valence-electron chi connectivity index (χ3n) is 7.16. The molecule has 43 heavy (non-hydrogen) atoms. The van der Waals surface area contributed by atoms with Gasteiger partial charge in [-0.25, -0.2) is 14.8 Å². The van der Waals surface area contributed by atoms with Gasteiger partial charge in [0.15, 0.2) is 0 Å². The first-order chi connectivity index (χ1) is 21.0. The van der Waals surface area contributed by atoms with Gasteiger partial charge < -0.3 is 34.6 Å². The molecule has 0 bridgehead atoms. The van der Waals surface area contributed by atoms with Crippen LogP contribution in [0.5, 0.6) is 17.2 Å². The highest BCUT2D eigenvalue weighted by molar-refractivity contribution is 5.94. The van der Waals surface area contributed by atoms with Crippen molar-refractivity contribution >= 4 is 23.4 Å². The van der Waals surface area contributed by atoms with Crippen molar-refractivity contribution in [3.8, 4) is 23.2 Å². The molecular weight excluding hydrogens is 552 g/mol. The fraction of sp³-hybridized carbons (Fsp3) is 0.300. The van der Waals surface area contributed by atoms with Crippen LogP contribution in [-0.4, -0.2) is 89.9 Å². The number of nitrogens with zero attached hydrogens (tertiary/aromatic N) is 6. The van der Waals surface area contributed by atoms with E-state index in [1.54, 1.807) is 92.1 Å². The quantitative estimate of drug-likeness (QED) is 0.288. The van der Waals surface area contributed by atoms with Crippen LogP contribution in [0.2, 0.25) is 0 Å². The smallest absolute Gasteiger partial charge is 0.322 e. The molecule has 1 atom stereocenters. The average Bonchev–Trinajstić information content (AvgIpc) is 3.60. The Labute approximate surface area is 249 Å². The number of hydrogen-bond donors (Lipinski definition) is 2. The lowest BCUT2D eigenvalue weighted by atomic mass is 10.1. The molecule has 3 amide bonds. The molecule has 2 aromatic heterocycles. The normalized spacial score (nSPS) is 14.6. The van der Waals surface area contributed by atoms with Crippen molar-refractivity contribution in [1.29, 1.82) is 0 Å². The van der Waals surface area contributed by atoms with E-state index in [-0.39, 0.29) is 18.5 Å². The molecule has 0 spiro atoms. The number of benzene rings is 2. The fourth-order valence-electron chi connectivity index (χ4n) is 4.84. The summed E-state index contributed by atoms with van der Waals surface area (Å²) in [5, 5.41) is 5.92. The van der Waals surface area contributed by atoms with Crippen molar-refractivity contribution in [2.45, 2.75) is 12.5 Å². The zero-order valence-electron chi connectivity index (χ0n) is 24.3. The van der Waals surface area contributed by atoms with Gasteiger partial charge in [-0.2, -0.15) is 4.98 Å². The Kier molecular flexibility index (Phi) is 9.20. The molecule has 1 unspecified atom stereocenters. The first-order valence-corrected chi connectivity index (χ1v) is 13.8. The van der Waals surface area contributed by atoms with Crippen LogP contribution < -0.4 is 29.7 Å². The standard InChI is InChI=1S/C30H34N8O5/c1-41-23-8-5-22(6-9-23)34-30(40)38-17-16-36(27-11-13-33-29(35-27)37-15-14-31-20-37)19-25(38)28(39)32-12-10-21-4-7-24(42-2)18-26(21)43-3/h4-9,11,13-15,18,20,25H,10,12,16-17,19H2,1-3H3,(H,32,39)(H,34,40). The number of anilines is 2. The monoisotopic (exact) mass is 586 g/mol. The summed E-state index contributed by atoms with van der Waals surface area (Å²) in [7, 11) is 4.77. The topological polar surface area (TPSA) is 136 Å². The molecule has 5 rings (SSSR count). The minimum absolute atomic E-state index is 0.244. The lowest BCUT2D eigenvalue weighted by molar-refractivity contribution is -0.125. The first kappa shape index (κ1) is 29.2. The number of ether oxygens (including phenoxy) is 3. The summed E-state index contributed by atoms with van der Waals surface area (Å²) < 4.78 is 17.7. The highest BCUT2D eigenvalue weighted by Gasteiger charge is 2.36. The summed E-state index contributed by atoms with van der Waals surface area (Å²) in [5.41, 5.74) is 1.52. The van der Waals surface area contributed by atoms with Crippen molar-refractivity contribution < 1.29 is 23.8 Å². The molecule has 0 saturated carbocycles. The second-order valence-electron chi connectivity index (χ2n) is 9.72.